The number of hydrogen-bond donors (Lipinski definition) is 1. The van der Waals surface area contributed by atoms with Gasteiger partial charge in [0, 0.05) is 16.6 Å². The first kappa shape index (κ1) is 26.9. The Kier molecular flexibility index (Phi) is 7.53. The molecule has 1 aromatic heterocycles. The van der Waals surface area contributed by atoms with Crippen LogP contribution in [-0.2, 0) is 15.7 Å². The van der Waals surface area contributed by atoms with Gasteiger partial charge in [-0.05, 0) is 41.5 Å². The number of nitrogens with zero attached hydrogens (tertiary/aromatic N) is 1. The van der Waals surface area contributed by atoms with Crippen molar-refractivity contribution in [1.82, 2.24) is 4.98 Å². The van der Waals surface area contributed by atoms with Crippen molar-refractivity contribution in [2.24, 2.45) is 0 Å². The molecule has 9 heteroatoms. The number of hydrogen-bond acceptors (Lipinski definition) is 4. The number of pyridine rings is 1. The predicted octanol–water partition coefficient (Wildman–Crippen LogP) is 8.04. The van der Waals surface area contributed by atoms with Crippen molar-refractivity contribution in [3.05, 3.63) is 119 Å². The minimum Gasteiger partial charge on any atom is -0.452 e. The molecule has 1 amide bonds. The van der Waals surface area contributed by atoms with Crippen LogP contribution in [0.1, 0.15) is 15.9 Å². The first-order chi connectivity index (χ1) is 19.2. The maximum Gasteiger partial charge on any atom is 0.417 e. The van der Waals surface area contributed by atoms with Crippen molar-refractivity contribution in [1.29, 1.82) is 0 Å². The van der Waals surface area contributed by atoms with Crippen molar-refractivity contribution in [2.45, 2.75) is 6.18 Å². The average Bonchev–Trinajstić information content (AvgIpc) is 2.96. The molecule has 0 atom stereocenters. The lowest BCUT2D eigenvalue weighted by molar-refractivity contribution is -0.137. The van der Waals surface area contributed by atoms with Gasteiger partial charge in [-0.2, -0.15) is 13.2 Å². The monoisotopic (exact) mass is 560 g/mol. The lowest BCUT2D eigenvalue weighted by atomic mass is 10.0. The van der Waals surface area contributed by atoms with E-state index < -0.39 is 35.2 Å². The Bertz CT molecular complexity index is 1710. The Labute approximate surface area is 232 Å². The topological polar surface area (TPSA) is 68.3 Å². The quantitative estimate of drug-likeness (QED) is 0.213. The highest BCUT2D eigenvalue weighted by Crippen LogP contribution is 2.36. The van der Waals surface area contributed by atoms with E-state index in [0.29, 0.717) is 22.7 Å². The Morgan fingerprint density at radius 2 is 1.45 bits per heavy atom. The lowest BCUT2D eigenvalue weighted by Crippen LogP contribution is -2.21. The molecule has 0 spiro atoms. The number of alkyl halides is 3. The molecule has 0 saturated heterocycles. The number of amides is 1. The van der Waals surface area contributed by atoms with E-state index in [4.69, 9.17) is 16.3 Å². The smallest absolute Gasteiger partial charge is 0.417 e. The second kappa shape index (κ2) is 11.2. The van der Waals surface area contributed by atoms with Crippen molar-refractivity contribution in [3.63, 3.8) is 0 Å². The molecule has 0 radical (unpaired) electrons. The number of rotatable bonds is 6. The number of ether oxygens (including phenoxy) is 1. The van der Waals surface area contributed by atoms with Gasteiger partial charge in [-0.3, -0.25) is 4.79 Å². The number of para-hydroxylation sites is 1. The van der Waals surface area contributed by atoms with Crippen LogP contribution >= 0.6 is 11.6 Å². The molecule has 200 valence electrons. The maximum absolute atomic E-state index is 13.1. The number of fused-ring (bicyclic) bond motifs is 1. The van der Waals surface area contributed by atoms with E-state index in [1.54, 1.807) is 30.3 Å². The largest absolute Gasteiger partial charge is 0.452 e. The number of nitrogens with one attached hydrogen (secondary N) is 1. The molecule has 0 aliphatic rings. The van der Waals surface area contributed by atoms with Crippen LogP contribution in [0.3, 0.4) is 0 Å². The fraction of sp³-hybridized carbons (Fsp3) is 0.0645. The Hall–Kier alpha value is -4.69. The number of aromatic nitrogens is 1. The fourth-order valence-electron chi connectivity index (χ4n) is 4.18. The first-order valence-corrected chi connectivity index (χ1v) is 12.5. The molecule has 5 aromatic rings. The fourth-order valence-corrected chi connectivity index (χ4v) is 4.41. The number of carbonyl (C=O) groups excluding carboxylic acids is 2. The third kappa shape index (κ3) is 5.97. The second-order valence-electron chi connectivity index (χ2n) is 8.83. The van der Waals surface area contributed by atoms with Crippen LogP contribution in [0.15, 0.2) is 103 Å². The standard InChI is InChI=1S/C31H20ClF3N2O3/c32-26-15-14-22(16-25(26)31(33,34)35)36-29(38)18-40-30(39)24-17-28(37-27-9-5-4-8-23(24)27)21-12-10-20(11-13-21)19-6-2-1-3-7-19/h1-17H,18H2,(H,36,38). The first-order valence-electron chi connectivity index (χ1n) is 12.1. The van der Waals surface area contributed by atoms with E-state index in [9.17, 15) is 22.8 Å². The van der Waals surface area contributed by atoms with E-state index >= 15 is 0 Å². The van der Waals surface area contributed by atoms with Gasteiger partial charge in [-0.1, -0.05) is 84.4 Å². The average molecular weight is 561 g/mol. The van der Waals surface area contributed by atoms with E-state index in [-0.39, 0.29) is 11.3 Å². The summed E-state index contributed by atoms with van der Waals surface area (Å²) < 4.78 is 44.6. The zero-order valence-electron chi connectivity index (χ0n) is 20.7. The van der Waals surface area contributed by atoms with Gasteiger partial charge in [0.25, 0.3) is 5.91 Å². The van der Waals surface area contributed by atoms with Crippen molar-refractivity contribution in [2.75, 3.05) is 11.9 Å². The van der Waals surface area contributed by atoms with Crippen LogP contribution in [0.25, 0.3) is 33.3 Å². The molecule has 0 saturated carbocycles. The van der Waals surface area contributed by atoms with Crippen LogP contribution < -0.4 is 5.32 Å². The van der Waals surface area contributed by atoms with Gasteiger partial charge < -0.3 is 10.1 Å². The van der Waals surface area contributed by atoms with Crippen molar-refractivity contribution in [3.8, 4) is 22.4 Å². The Morgan fingerprint density at radius 3 is 2.17 bits per heavy atom. The van der Waals surface area contributed by atoms with Gasteiger partial charge in [0.2, 0.25) is 0 Å². The number of halogens is 4. The number of esters is 1. The summed E-state index contributed by atoms with van der Waals surface area (Å²) in [7, 11) is 0. The van der Waals surface area contributed by atoms with E-state index in [2.05, 4.69) is 10.3 Å². The minimum atomic E-state index is -4.69. The van der Waals surface area contributed by atoms with Gasteiger partial charge in [0.05, 0.1) is 27.4 Å². The molecular formula is C31H20ClF3N2O3. The Balaban J connectivity index is 1.35. The molecule has 40 heavy (non-hydrogen) atoms. The van der Waals surface area contributed by atoms with E-state index in [0.717, 1.165) is 22.8 Å². The maximum atomic E-state index is 13.1. The summed E-state index contributed by atoms with van der Waals surface area (Å²) in [6.07, 6.45) is -4.69. The van der Waals surface area contributed by atoms with Crippen LogP contribution in [0.5, 0.6) is 0 Å². The normalized spacial score (nSPS) is 11.3. The SMILES string of the molecule is O=C(COC(=O)c1cc(-c2ccc(-c3ccccc3)cc2)nc2ccccc12)Nc1ccc(Cl)c(C(F)(F)F)c1. The highest BCUT2D eigenvalue weighted by molar-refractivity contribution is 6.31. The van der Waals surface area contributed by atoms with Gasteiger partial charge in [0.15, 0.2) is 6.61 Å². The summed E-state index contributed by atoms with van der Waals surface area (Å²) in [5, 5.41) is 2.33. The second-order valence-corrected chi connectivity index (χ2v) is 9.24. The summed E-state index contributed by atoms with van der Waals surface area (Å²) in [6, 6.07) is 29.2. The number of benzene rings is 4. The van der Waals surface area contributed by atoms with Crippen LogP contribution in [0, 0.1) is 0 Å². The highest BCUT2D eigenvalue weighted by atomic mass is 35.5. The molecule has 0 fully saturated rings. The molecule has 5 nitrogen and oxygen atoms in total. The van der Waals surface area contributed by atoms with Gasteiger partial charge in [-0.15, -0.1) is 0 Å². The van der Waals surface area contributed by atoms with Gasteiger partial charge >= 0.3 is 12.1 Å². The molecular weight excluding hydrogens is 541 g/mol. The summed E-state index contributed by atoms with van der Waals surface area (Å²) in [5.74, 6) is -1.58. The van der Waals surface area contributed by atoms with Crippen molar-refractivity contribution >= 4 is 40.1 Å². The third-order valence-electron chi connectivity index (χ3n) is 6.11. The highest BCUT2D eigenvalue weighted by Gasteiger charge is 2.33. The molecule has 5 rings (SSSR count). The molecule has 0 aliphatic heterocycles. The molecule has 1 N–H and O–H groups in total. The zero-order valence-corrected chi connectivity index (χ0v) is 21.5. The van der Waals surface area contributed by atoms with Crippen LogP contribution in [0.4, 0.5) is 18.9 Å². The molecule has 0 unspecified atom stereocenters. The number of anilines is 1. The van der Waals surface area contributed by atoms with E-state index in [1.807, 2.05) is 54.6 Å². The van der Waals surface area contributed by atoms with E-state index in [1.165, 1.54) is 6.07 Å². The zero-order chi connectivity index (χ0) is 28.3. The summed E-state index contributed by atoms with van der Waals surface area (Å²) in [4.78, 5) is 30.1. The summed E-state index contributed by atoms with van der Waals surface area (Å²) in [5.41, 5.74) is 2.95. The predicted molar refractivity (Wildman–Crippen MR) is 148 cm³/mol. The van der Waals surface area contributed by atoms with Gasteiger partial charge in [-0.25, -0.2) is 9.78 Å². The minimum absolute atomic E-state index is 0.131. The van der Waals surface area contributed by atoms with Crippen LogP contribution in [-0.4, -0.2) is 23.5 Å². The van der Waals surface area contributed by atoms with Crippen LogP contribution in [0.2, 0.25) is 5.02 Å². The molecule has 0 aliphatic carbocycles. The summed E-state index contributed by atoms with van der Waals surface area (Å²) in [6.45, 7) is -0.708. The summed E-state index contributed by atoms with van der Waals surface area (Å²) >= 11 is 5.62. The molecule has 4 aromatic carbocycles. The Morgan fingerprint density at radius 1 is 0.800 bits per heavy atom. The molecule has 1 heterocycles. The van der Waals surface area contributed by atoms with Gasteiger partial charge in [0.1, 0.15) is 0 Å². The third-order valence-corrected chi connectivity index (χ3v) is 6.44. The lowest BCUT2D eigenvalue weighted by Gasteiger charge is -2.12. The molecule has 0 bridgehead atoms. The van der Waals surface area contributed by atoms with Crippen molar-refractivity contribution < 1.29 is 27.5 Å². The number of carbonyl (C=O) groups is 2.